The van der Waals surface area contributed by atoms with Crippen molar-refractivity contribution in [1.82, 2.24) is 9.88 Å². The maximum absolute atomic E-state index is 13.0. The van der Waals surface area contributed by atoms with Crippen molar-refractivity contribution < 1.29 is 9.21 Å². The highest BCUT2D eigenvalue weighted by atomic mass is 32.1. The first-order chi connectivity index (χ1) is 13.0. The minimum absolute atomic E-state index is 0.0927. The van der Waals surface area contributed by atoms with Gasteiger partial charge in [-0.05, 0) is 30.9 Å². The fourth-order valence-electron chi connectivity index (χ4n) is 3.46. The average Bonchev–Trinajstić information content (AvgIpc) is 3.29. The van der Waals surface area contributed by atoms with E-state index in [1.54, 1.807) is 12.1 Å². The summed E-state index contributed by atoms with van der Waals surface area (Å²) in [5.74, 6) is 1.10. The zero-order chi connectivity index (χ0) is 19.1. The van der Waals surface area contributed by atoms with Crippen LogP contribution in [0.15, 0.2) is 22.8 Å². The predicted octanol–water partition coefficient (Wildman–Crippen LogP) is 3.46. The highest BCUT2D eigenvalue weighted by molar-refractivity contribution is 7.21. The van der Waals surface area contributed by atoms with E-state index in [2.05, 4.69) is 18.0 Å². The highest BCUT2D eigenvalue weighted by Crippen LogP contribution is 2.43. The van der Waals surface area contributed by atoms with Gasteiger partial charge in [-0.3, -0.25) is 4.79 Å². The smallest absolute Gasteiger partial charge is 0.266 e. The van der Waals surface area contributed by atoms with Crippen LogP contribution >= 0.6 is 11.3 Å². The third-order valence-electron chi connectivity index (χ3n) is 5.05. The number of carbonyl (C=O) groups excluding carboxylic acids is 1. The van der Waals surface area contributed by atoms with Gasteiger partial charge >= 0.3 is 0 Å². The lowest BCUT2D eigenvalue weighted by Gasteiger charge is -2.30. The van der Waals surface area contributed by atoms with Gasteiger partial charge in [-0.1, -0.05) is 6.92 Å². The van der Waals surface area contributed by atoms with Crippen LogP contribution in [-0.2, 0) is 0 Å². The predicted molar refractivity (Wildman–Crippen MR) is 105 cm³/mol. The van der Waals surface area contributed by atoms with Crippen LogP contribution in [0.2, 0.25) is 0 Å². The van der Waals surface area contributed by atoms with Gasteiger partial charge in [-0.15, -0.1) is 11.3 Å². The Labute approximate surface area is 160 Å². The van der Waals surface area contributed by atoms with Crippen LogP contribution in [0.25, 0.3) is 21.5 Å². The molecule has 7 nitrogen and oxygen atoms in total. The Morgan fingerprint density at radius 3 is 2.78 bits per heavy atom. The molecule has 0 saturated carbocycles. The van der Waals surface area contributed by atoms with Crippen molar-refractivity contribution in [1.29, 1.82) is 5.26 Å². The van der Waals surface area contributed by atoms with Crippen LogP contribution in [-0.4, -0.2) is 28.9 Å². The lowest BCUT2D eigenvalue weighted by molar-refractivity contribution is 0.0703. The molecule has 1 amide bonds. The second-order valence-corrected chi connectivity index (χ2v) is 7.83. The molecule has 4 rings (SSSR count). The summed E-state index contributed by atoms with van der Waals surface area (Å²) in [6.07, 6.45) is 3.48. The number of rotatable bonds is 2. The fraction of sp³-hybridized carbons (Fsp3) is 0.316. The number of hydrogen-bond acceptors (Lipinski definition) is 7. The van der Waals surface area contributed by atoms with E-state index in [4.69, 9.17) is 15.9 Å². The molecule has 0 bridgehead atoms. The Morgan fingerprint density at radius 1 is 1.41 bits per heavy atom. The second-order valence-electron chi connectivity index (χ2n) is 6.84. The molecule has 1 aliphatic rings. The number of anilines is 2. The third kappa shape index (κ3) is 2.80. The zero-order valence-corrected chi connectivity index (χ0v) is 15.7. The molecule has 3 aromatic rings. The van der Waals surface area contributed by atoms with Gasteiger partial charge in [-0.2, -0.15) is 5.26 Å². The lowest BCUT2D eigenvalue weighted by Crippen LogP contribution is -2.37. The van der Waals surface area contributed by atoms with Crippen molar-refractivity contribution in [3.63, 3.8) is 0 Å². The summed E-state index contributed by atoms with van der Waals surface area (Å²) in [6.45, 7) is 3.64. The number of nitriles is 1. The number of nitrogens with zero attached hydrogens (tertiary/aromatic N) is 3. The Kier molecular flexibility index (Phi) is 4.24. The van der Waals surface area contributed by atoms with E-state index in [9.17, 15) is 10.1 Å². The molecule has 0 unspecified atom stereocenters. The number of fused-ring (bicyclic) bond motifs is 1. The maximum atomic E-state index is 13.0. The molecule has 138 valence electrons. The Morgan fingerprint density at radius 2 is 2.15 bits per heavy atom. The molecule has 0 spiro atoms. The molecule has 27 heavy (non-hydrogen) atoms. The van der Waals surface area contributed by atoms with Gasteiger partial charge in [0.25, 0.3) is 5.91 Å². The van der Waals surface area contributed by atoms with Crippen molar-refractivity contribution in [3.05, 3.63) is 28.8 Å². The number of furan rings is 1. The minimum Gasteiger partial charge on any atom is -0.464 e. The monoisotopic (exact) mass is 381 g/mol. The summed E-state index contributed by atoms with van der Waals surface area (Å²) >= 11 is 1.21. The summed E-state index contributed by atoms with van der Waals surface area (Å²) in [4.78, 5) is 20.2. The Bertz CT molecular complexity index is 1060. The molecular weight excluding hydrogens is 362 g/mol. The molecule has 8 heteroatoms. The number of nitrogens with two attached hydrogens (primary N) is 2. The van der Waals surface area contributed by atoms with Crippen LogP contribution in [0, 0.1) is 17.2 Å². The van der Waals surface area contributed by atoms with Gasteiger partial charge in [0.05, 0.1) is 17.5 Å². The number of likely N-dealkylation sites (tertiary alicyclic amines) is 1. The first-order valence-electron chi connectivity index (χ1n) is 8.76. The van der Waals surface area contributed by atoms with Crippen LogP contribution in [0.4, 0.5) is 11.5 Å². The molecule has 0 atom stereocenters. The van der Waals surface area contributed by atoms with Gasteiger partial charge in [0.1, 0.15) is 32.9 Å². The summed E-state index contributed by atoms with van der Waals surface area (Å²) in [5.41, 5.74) is 13.4. The van der Waals surface area contributed by atoms with E-state index >= 15 is 0 Å². The quantitative estimate of drug-likeness (QED) is 0.701. The van der Waals surface area contributed by atoms with Crippen molar-refractivity contribution in [2.75, 3.05) is 24.6 Å². The number of thiophene rings is 1. The van der Waals surface area contributed by atoms with Gasteiger partial charge < -0.3 is 20.8 Å². The van der Waals surface area contributed by atoms with E-state index in [0.29, 0.717) is 38.0 Å². The molecule has 4 heterocycles. The average molecular weight is 381 g/mol. The first kappa shape index (κ1) is 17.4. The molecule has 4 N–H and O–H groups in total. The number of nitrogen functional groups attached to an aromatic ring is 2. The van der Waals surface area contributed by atoms with E-state index in [1.165, 1.54) is 17.6 Å². The van der Waals surface area contributed by atoms with Crippen molar-refractivity contribution >= 4 is 39.0 Å². The minimum atomic E-state index is -0.0927. The van der Waals surface area contributed by atoms with Crippen LogP contribution in [0.3, 0.4) is 0 Å². The molecule has 0 radical (unpaired) electrons. The van der Waals surface area contributed by atoms with Crippen LogP contribution in [0.5, 0.6) is 0 Å². The summed E-state index contributed by atoms with van der Waals surface area (Å²) in [6, 6.07) is 5.54. The van der Waals surface area contributed by atoms with E-state index in [1.807, 2.05) is 4.90 Å². The molecular formula is C19H19N5O2S. The van der Waals surface area contributed by atoms with Gasteiger partial charge in [0.2, 0.25) is 0 Å². The van der Waals surface area contributed by atoms with Crippen molar-refractivity contribution in [2.24, 2.45) is 5.92 Å². The summed E-state index contributed by atoms with van der Waals surface area (Å²) < 4.78 is 5.50. The van der Waals surface area contributed by atoms with Crippen molar-refractivity contribution in [3.8, 4) is 17.4 Å². The van der Waals surface area contributed by atoms with E-state index in [0.717, 1.165) is 25.9 Å². The maximum Gasteiger partial charge on any atom is 0.266 e. The first-order valence-corrected chi connectivity index (χ1v) is 9.57. The van der Waals surface area contributed by atoms with E-state index < -0.39 is 0 Å². The summed E-state index contributed by atoms with van der Waals surface area (Å²) in [5, 5.41) is 10.1. The number of piperidine rings is 1. The normalized spacial score (nSPS) is 15.2. The van der Waals surface area contributed by atoms with Gasteiger partial charge in [0, 0.05) is 18.5 Å². The second kappa shape index (κ2) is 6.59. The standard InChI is InChI=1S/C19H19N5O2S/c1-10-4-6-24(7-5-10)19(25)16-15(21)14-13(12-3-2-8-26-12)11(9-20)17(22)23-18(14)27-16/h2-3,8,10H,4-7,21H2,1H3,(H2,22,23). The largest absolute Gasteiger partial charge is 0.464 e. The third-order valence-corrected chi connectivity index (χ3v) is 6.14. The number of pyridine rings is 1. The van der Waals surface area contributed by atoms with Crippen LogP contribution < -0.4 is 11.5 Å². The molecule has 1 aliphatic heterocycles. The molecule has 0 aromatic carbocycles. The van der Waals surface area contributed by atoms with Crippen molar-refractivity contribution in [2.45, 2.75) is 19.8 Å². The Balaban J connectivity index is 1.88. The molecule has 1 fully saturated rings. The number of aromatic nitrogens is 1. The fourth-order valence-corrected chi connectivity index (χ4v) is 4.54. The molecule has 1 saturated heterocycles. The molecule has 0 aliphatic carbocycles. The van der Waals surface area contributed by atoms with Gasteiger partial charge in [-0.25, -0.2) is 4.98 Å². The lowest BCUT2D eigenvalue weighted by atomic mass is 9.99. The number of carbonyl (C=O) groups is 1. The summed E-state index contributed by atoms with van der Waals surface area (Å²) in [7, 11) is 0. The SMILES string of the molecule is CC1CCN(C(=O)c2sc3nc(N)c(C#N)c(-c4ccco4)c3c2N)CC1. The topological polar surface area (TPSA) is 122 Å². The number of amides is 1. The Hall–Kier alpha value is -3.05. The van der Waals surface area contributed by atoms with E-state index in [-0.39, 0.29) is 17.3 Å². The van der Waals surface area contributed by atoms with Crippen LogP contribution in [0.1, 0.15) is 35.0 Å². The number of hydrogen-bond donors (Lipinski definition) is 2. The molecule has 3 aromatic heterocycles. The zero-order valence-electron chi connectivity index (χ0n) is 14.9. The highest BCUT2D eigenvalue weighted by Gasteiger charge is 2.29. The van der Waals surface area contributed by atoms with Gasteiger partial charge in [0.15, 0.2) is 0 Å².